The van der Waals surface area contributed by atoms with E-state index in [1.807, 2.05) is 31.2 Å². The second kappa shape index (κ2) is 7.51. The van der Waals surface area contributed by atoms with Gasteiger partial charge in [0.2, 0.25) is 11.9 Å². The zero-order chi connectivity index (χ0) is 19.8. The standard InChI is InChI=1S/C21H23ClN4O2/c1-12-19-17(10-15(11-18(19)27)14-3-2-4-16(22)9-14)25-21(24-12)26-7-5-13(6-8-26)20(23)28/h2-4,9,13,15H,5-8,10-11H2,1H3,(H2,23,28)/t15-/m0/s1. The molecule has 1 amide bonds. The van der Waals surface area contributed by atoms with Gasteiger partial charge in [0.05, 0.1) is 17.0 Å². The molecule has 1 aliphatic heterocycles. The van der Waals surface area contributed by atoms with Gasteiger partial charge >= 0.3 is 0 Å². The highest BCUT2D eigenvalue weighted by Gasteiger charge is 2.31. The number of carbonyl (C=O) groups is 2. The molecule has 1 atom stereocenters. The molecule has 0 spiro atoms. The van der Waals surface area contributed by atoms with E-state index < -0.39 is 0 Å². The number of aromatic nitrogens is 2. The maximum absolute atomic E-state index is 12.8. The number of primary amides is 1. The van der Waals surface area contributed by atoms with Gasteiger partial charge in [0.15, 0.2) is 5.78 Å². The predicted octanol–water partition coefficient (Wildman–Crippen LogP) is 3.05. The number of nitrogens with two attached hydrogens (primary N) is 1. The fourth-order valence-corrected chi connectivity index (χ4v) is 4.46. The van der Waals surface area contributed by atoms with E-state index in [-0.39, 0.29) is 23.5 Å². The van der Waals surface area contributed by atoms with Gasteiger partial charge in [0.25, 0.3) is 0 Å². The van der Waals surface area contributed by atoms with Crippen molar-refractivity contribution in [2.24, 2.45) is 11.7 Å². The highest BCUT2D eigenvalue weighted by molar-refractivity contribution is 6.30. The number of anilines is 1. The van der Waals surface area contributed by atoms with Crippen molar-refractivity contribution in [1.29, 1.82) is 0 Å². The third-order valence-corrected chi connectivity index (χ3v) is 6.04. The van der Waals surface area contributed by atoms with Crippen LogP contribution in [-0.2, 0) is 11.2 Å². The van der Waals surface area contributed by atoms with Crippen molar-refractivity contribution in [2.75, 3.05) is 18.0 Å². The number of rotatable bonds is 3. The molecule has 2 N–H and O–H groups in total. The first kappa shape index (κ1) is 18.9. The van der Waals surface area contributed by atoms with E-state index in [4.69, 9.17) is 22.3 Å². The Morgan fingerprint density at radius 2 is 1.96 bits per heavy atom. The quantitative estimate of drug-likeness (QED) is 0.858. The lowest BCUT2D eigenvalue weighted by Crippen LogP contribution is -2.39. The lowest BCUT2D eigenvalue weighted by atomic mass is 9.81. The maximum atomic E-state index is 12.8. The molecule has 1 aromatic carbocycles. The molecular formula is C21H23ClN4O2. The van der Waals surface area contributed by atoms with E-state index in [0.717, 1.165) is 17.0 Å². The van der Waals surface area contributed by atoms with Crippen LogP contribution < -0.4 is 10.6 Å². The molecule has 1 saturated heterocycles. The topological polar surface area (TPSA) is 89.2 Å². The Labute approximate surface area is 169 Å². The lowest BCUT2D eigenvalue weighted by molar-refractivity contribution is -0.122. The Hall–Kier alpha value is -2.47. The van der Waals surface area contributed by atoms with Crippen molar-refractivity contribution in [3.8, 4) is 0 Å². The third-order valence-electron chi connectivity index (χ3n) is 5.80. The SMILES string of the molecule is Cc1nc(N2CCC(C(N)=O)CC2)nc2c1C(=O)C[C@@H](c1cccc(Cl)c1)C2. The Morgan fingerprint density at radius 3 is 2.64 bits per heavy atom. The van der Waals surface area contributed by atoms with Crippen molar-refractivity contribution in [3.63, 3.8) is 0 Å². The molecule has 28 heavy (non-hydrogen) atoms. The van der Waals surface area contributed by atoms with Gasteiger partial charge in [-0.25, -0.2) is 9.97 Å². The monoisotopic (exact) mass is 398 g/mol. The van der Waals surface area contributed by atoms with Gasteiger partial charge in [-0.3, -0.25) is 9.59 Å². The minimum absolute atomic E-state index is 0.0708. The second-order valence-electron chi connectivity index (χ2n) is 7.68. The van der Waals surface area contributed by atoms with E-state index in [2.05, 4.69) is 9.88 Å². The van der Waals surface area contributed by atoms with Crippen LogP contribution in [0.2, 0.25) is 5.02 Å². The number of ketones is 1. The van der Waals surface area contributed by atoms with E-state index in [1.165, 1.54) is 0 Å². The van der Waals surface area contributed by atoms with Crippen LogP contribution in [0, 0.1) is 12.8 Å². The van der Waals surface area contributed by atoms with Crippen molar-refractivity contribution >= 4 is 29.2 Å². The number of carbonyl (C=O) groups excluding carboxylic acids is 2. The molecule has 0 bridgehead atoms. The normalized spacial score (nSPS) is 20.1. The summed E-state index contributed by atoms with van der Waals surface area (Å²) in [5.74, 6) is 0.476. The number of fused-ring (bicyclic) bond motifs is 1. The van der Waals surface area contributed by atoms with Crippen LogP contribution in [0.5, 0.6) is 0 Å². The van der Waals surface area contributed by atoms with Gasteiger partial charge in [-0.1, -0.05) is 23.7 Å². The van der Waals surface area contributed by atoms with Gasteiger partial charge in [0, 0.05) is 30.5 Å². The number of Topliss-reactive ketones (excluding diaryl/α,β-unsaturated/α-hetero) is 1. The Kier molecular flexibility index (Phi) is 5.06. The number of nitrogens with zero attached hydrogens (tertiary/aromatic N) is 3. The Morgan fingerprint density at radius 1 is 1.21 bits per heavy atom. The second-order valence-corrected chi connectivity index (χ2v) is 8.11. The van der Waals surface area contributed by atoms with Gasteiger partial charge in [-0.2, -0.15) is 0 Å². The largest absolute Gasteiger partial charge is 0.369 e. The van der Waals surface area contributed by atoms with Crippen molar-refractivity contribution < 1.29 is 9.59 Å². The summed E-state index contributed by atoms with van der Waals surface area (Å²) in [6, 6.07) is 7.69. The molecule has 2 aliphatic rings. The summed E-state index contributed by atoms with van der Waals surface area (Å²) in [4.78, 5) is 35.6. The average Bonchev–Trinajstić information content (AvgIpc) is 2.67. The molecule has 6 nitrogen and oxygen atoms in total. The zero-order valence-corrected chi connectivity index (χ0v) is 16.6. The number of amides is 1. The van der Waals surface area contributed by atoms with Gasteiger partial charge in [-0.05, 0) is 49.8 Å². The van der Waals surface area contributed by atoms with Crippen LogP contribution in [0.15, 0.2) is 24.3 Å². The van der Waals surface area contributed by atoms with Crippen molar-refractivity contribution in [2.45, 2.75) is 38.5 Å². The van der Waals surface area contributed by atoms with Crippen molar-refractivity contribution in [3.05, 3.63) is 51.8 Å². The summed E-state index contributed by atoms with van der Waals surface area (Å²) in [6.45, 7) is 3.26. The van der Waals surface area contributed by atoms with E-state index in [9.17, 15) is 9.59 Å². The molecular weight excluding hydrogens is 376 g/mol. The van der Waals surface area contributed by atoms with Crippen LogP contribution in [0.4, 0.5) is 5.95 Å². The third kappa shape index (κ3) is 3.61. The van der Waals surface area contributed by atoms with Crippen LogP contribution in [0.25, 0.3) is 0 Å². The number of halogens is 1. The number of hydrogen-bond acceptors (Lipinski definition) is 5. The highest BCUT2D eigenvalue weighted by atomic mass is 35.5. The van der Waals surface area contributed by atoms with Crippen LogP contribution in [0.1, 0.15) is 52.5 Å². The maximum Gasteiger partial charge on any atom is 0.225 e. The smallest absolute Gasteiger partial charge is 0.225 e. The molecule has 4 rings (SSSR count). The summed E-state index contributed by atoms with van der Waals surface area (Å²) < 4.78 is 0. The number of hydrogen-bond donors (Lipinski definition) is 1. The van der Waals surface area contributed by atoms with Crippen LogP contribution in [0.3, 0.4) is 0 Å². The number of benzene rings is 1. The Bertz CT molecular complexity index is 938. The number of piperidine rings is 1. The molecule has 0 radical (unpaired) electrons. The molecule has 2 aromatic rings. The fourth-order valence-electron chi connectivity index (χ4n) is 4.26. The Balaban J connectivity index is 1.61. The zero-order valence-electron chi connectivity index (χ0n) is 15.8. The molecule has 146 valence electrons. The van der Waals surface area contributed by atoms with Gasteiger partial charge < -0.3 is 10.6 Å². The number of aryl methyl sites for hydroxylation is 1. The summed E-state index contributed by atoms with van der Waals surface area (Å²) in [5.41, 5.74) is 8.68. The van der Waals surface area contributed by atoms with Gasteiger partial charge in [0.1, 0.15) is 0 Å². The first-order chi connectivity index (χ1) is 13.4. The van der Waals surface area contributed by atoms with E-state index in [0.29, 0.717) is 55.3 Å². The molecule has 0 unspecified atom stereocenters. The summed E-state index contributed by atoms with van der Waals surface area (Å²) >= 11 is 6.14. The molecule has 2 heterocycles. The minimum atomic E-state index is -0.239. The first-order valence-corrected chi connectivity index (χ1v) is 10.0. The van der Waals surface area contributed by atoms with Gasteiger partial charge in [-0.15, -0.1) is 0 Å². The minimum Gasteiger partial charge on any atom is -0.369 e. The van der Waals surface area contributed by atoms with Crippen molar-refractivity contribution in [1.82, 2.24) is 9.97 Å². The molecule has 1 aliphatic carbocycles. The molecule has 7 heteroatoms. The fraction of sp³-hybridized carbons (Fsp3) is 0.429. The van der Waals surface area contributed by atoms with E-state index >= 15 is 0 Å². The lowest BCUT2D eigenvalue weighted by Gasteiger charge is -2.32. The van der Waals surface area contributed by atoms with Crippen LogP contribution in [-0.4, -0.2) is 34.7 Å². The predicted molar refractivity (Wildman–Crippen MR) is 108 cm³/mol. The molecule has 1 fully saturated rings. The summed E-state index contributed by atoms with van der Waals surface area (Å²) in [6.07, 6.45) is 2.55. The highest BCUT2D eigenvalue weighted by Crippen LogP contribution is 2.35. The summed E-state index contributed by atoms with van der Waals surface area (Å²) in [7, 11) is 0. The average molecular weight is 399 g/mol. The van der Waals surface area contributed by atoms with Crippen LogP contribution >= 0.6 is 11.6 Å². The summed E-state index contributed by atoms with van der Waals surface area (Å²) in [5, 5.41) is 0.674. The van der Waals surface area contributed by atoms with E-state index in [1.54, 1.807) is 0 Å². The molecule has 1 aromatic heterocycles. The molecule has 0 saturated carbocycles. The first-order valence-electron chi connectivity index (χ1n) is 9.63.